The summed E-state index contributed by atoms with van der Waals surface area (Å²) < 4.78 is 11.2. The molecule has 2 atom stereocenters. The zero-order valence-electron chi connectivity index (χ0n) is 11.9. The van der Waals surface area contributed by atoms with E-state index in [2.05, 4.69) is 13.8 Å². The first-order chi connectivity index (χ1) is 8.58. The molecule has 0 fully saturated rings. The average Bonchev–Trinajstić information content (AvgIpc) is 2.36. The highest BCUT2D eigenvalue weighted by molar-refractivity contribution is 5.43. The van der Waals surface area contributed by atoms with Crippen molar-refractivity contribution in [2.24, 2.45) is 11.7 Å². The second-order valence-electron chi connectivity index (χ2n) is 4.90. The van der Waals surface area contributed by atoms with Crippen LogP contribution in [0.1, 0.15) is 45.2 Å². The third-order valence-corrected chi connectivity index (χ3v) is 3.02. The van der Waals surface area contributed by atoms with Crippen molar-refractivity contribution in [3.63, 3.8) is 0 Å². The van der Waals surface area contributed by atoms with E-state index in [4.69, 9.17) is 15.2 Å². The zero-order chi connectivity index (χ0) is 13.5. The highest BCUT2D eigenvalue weighted by Gasteiger charge is 2.09. The maximum atomic E-state index is 5.85. The summed E-state index contributed by atoms with van der Waals surface area (Å²) in [7, 11) is 1.66. The van der Waals surface area contributed by atoms with E-state index in [1.165, 1.54) is 12.8 Å². The van der Waals surface area contributed by atoms with Gasteiger partial charge in [-0.25, -0.2) is 0 Å². The summed E-state index contributed by atoms with van der Waals surface area (Å²) in [5.41, 5.74) is 6.91. The van der Waals surface area contributed by atoms with Crippen molar-refractivity contribution < 1.29 is 9.47 Å². The van der Waals surface area contributed by atoms with E-state index >= 15 is 0 Å². The van der Waals surface area contributed by atoms with E-state index in [-0.39, 0.29) is 6.04 Å². The lowest BCUT2D eigenvalue weighted by Crippen LogP contribution is -2.10. The van der Waals surface area contributed by atoms with Gasteiger partial charge >= 0.3 is 0 Å². The van der Waals surface area contributed by atoms with Crippen LogP contribution in [-0.2, 0) is 0 Å². The van der Waals surface area contributed by atoms with Crippen molar-refractivity contribution in [3.05, 3.63) is 23.8 Å². The molecule has 0 aromatic heterocycles. The van der Waals surface area contributed by atoms with Gasteiger partial charge in [0, 0.05) is 6.04 Å². The maximum Gasteiger partial charge on any atom is 0.161 e. The van der Waals surface area contributed by atoms with Crippen molar-refractivity contribution in [3.8, 4) is 11.5 Å². The standard InChI is InChI=1S/C15H25NO2/c1-5-6-11(2)10-18-14-8-7-13(12(3)16)9-15(14)17-4/h7-9,11-12H,5-6,10,16H2,1-4H3/t11?,12-/m1/s1. The third kappa shape index (κ3) is 4.22. The summed E-state index contributed by atoms with van der Waals surface area (Å²) in [6.07, 6.45) is 2.37. The predicted octanol–water partition coefficient (Wildman–Crippen LogP) is 3.53. The Hall–Kier alpha value is -1.22. The van der Waals surface area contributed by atoms with Crippen LogP contribution < -0.4 is 15.2 Å². The first kappa shape index (κ1) is 14.8. The van der Waals surface area contributed by atoms with Gasteiger partial charge in [-0.2, -0.15) is 0 Å². The van der Waals surface area contributed by atoms with Crippen LogP contribution in [0.2, 0.25) is 0 Å². The molecule has 1 aromatic rings. The van der Waals surface area contributed by atoms with Crippen molar-refractivity contribution in [1.82, 2.24) is 0 Å². The minimum atomic E-state index is 0.00645. The lowest BCUT2D eigenvalue weighted by atomic mass is 10.1. The first-order valence-corrected chi connectivity index (χ1v) is 6.64. The number of hydrogen-bond acceptors (Lipinski definition) is 3. The maximum absolute atomic E-state index is 5.85. The zero-order valence-corrected chi connectivity index (χ0v) is 11.9. The normalized spacial score (nSPS) is 14.1. The lowest BCUT2D eigenvalue weighted by molar-refractivity contribution is 0.240. The Kier molecular flexibility index (Phi) is 5.99. The fraction of sp³-hybridized carbons (Fsp3) is 0.600. The molecule has 3 nitrogen and oxygen atoms in total. The van der Waals surface area contributed by atoms with Gasteiger partial charge in [-0.1, -0.05) is 26.3 Å². The Bertz CT molecular complexity index is 364. The molecule has 0 saturated heterocycles. The highest BCUT2D eigenvalue weighted by Crippen LogP contribution is 2.30. The largest absolute Gasteiger partial charge is 0.493 e. The van der Waals surface area contributed by atoms with Gasteiger partial charge in [0.1, 0.15) is 0 Å². The molecular formula is C15H25NO2. The molecule has 1 unspecified atom stereocenters. The molecule has 0 spiro atoms. The second-order valence-corrected chi connectivity index (χ2v) is 4.90. The predicted molar refractivity (Wildman–Crippen MR) is 75.2 cm³/mol. The molecule has 0 aliphatic rings. The average molecular weight is 251 g/mol. The number of nitrogens with two attached hydrogens (primary N) is 1. The first-order valence-electron chi connectivity index (χ1n) is 6.64. The van der Waals surface area contributed by atoms with Crippen LogP contribution >= 0.6 is 0 Å². The number of methoxy groups -OCH3 is 1. The van der Waals surface area contributed by atoms with E-state index in [1.54, 1.807) is 7.11 Å². The van der Waals surface area contributed by atoms with Crippen molar-refractivity contribution in [1.29, 1.82) is 0 Å². The lowest BCUT2D eigenvalue weighted by Gasteiger charge is -2.16. The fourth-order valence-corrected chi connectivity index (χ4v) is 1.89. The summed E-state index contributed by atoms with van der Waals surface area (Å²) in [6, 6.07) is 5.89. The van der Waals surface area contributed by atoms with E-state index in [9.17, 15) is 0 Å². The van der Waals surface area contributed by atoms with Crippen molar-refractivity contribution in [2.45, 2.75) is 39.7 Å². The molecule has 0 heterocycles. The van der Waals surface area contributed by atoms with Crippen molar-refractivity contribution in [2.75, 3.05) is 13.7 Å². The highest BCUT2D eigenvalue weighted by atomic mass is 16.5. The Morgan fingerprint density at radius 1 is 1.22 bits per heavy atom. The topological polar surface area (TPSA) is 44.5 Å². The van der Waals surface area contributed by atoms with Gasteiger partial charge in [0.25, 0.3) is 0 Å². The molecule has 2 N–H and O–H groups in total. The second kappa shape index (κ2) is 7.27. The molecule has 0 radical (unpaired) electrons. The van der Waals surface area contributed by atoms with Crippen LogP contribution in [0, 0.1) is 5.92 Å². The smallest absolute Gasteiger partial charge is 0.161 e. The van der Waals surface area contributed by atoms with Gasteiger partial charge in [-0.15, -0.1) is 0 Å². The SMILES string of the molecule is CCCC(C)COc1ccc([C@@H](C)N)cc1OC. The summed E-state index contributed by atoms with van der Waals surface area (Å²) in [4.78, 5) is 0. The van der Waals surface area contributed by atoms with E-state index in [1.807, 2.05) is 25.1 Å². The Morgan fingerprint density at radius 3 is 2.50 bits per heavy atom. The van der Waals surface area contributed by atoms with Gasteiger partial charge in [0.2, 0.25) is 0 Å². The Balaban J connectivity index is 2.70. The minimum absolute atomic E-state index is 0.00645. The number of hydrogen-bond donors (Lipinski definition) is 1. The molecular weight excluding hydrogens is 226 g/mol. The van der Waals surface area contributed by atoms with Gasteiger partial charge in [0.15, 0.2) is 11.5 Å². The monoisotopic (exact) mass is 251 g/mol. The summed E-state index contributed by atoms with van der Waals surface area (Å²) in [5.74, 6) is 2.12. The van der Waals surface area contributed by atoms with Crippen LogP contribution in [0.3, 0.4) is 0 Å². The summed E-state index contributed by atoms with van der Waals surface area (Å²) >= 11 is 0. The van der Waals surface area contributed by atoms with Gasteiger partial charge in [-0.3, -0.25) is 0 Å². The van der Waals surface area contributed by atoms with E-state index in [0.717, 1.165) is 23.7 Å². The molecule has 18 heavy (non-hydrogen) atoms. The number of ether oxygens (including phenoxy) is 2. The van der Waals surface area contributed by atoms with Crippen LogP contribution in [-0.4, -0.2) is 13.7 Å². The number of benzene rings is 1. The van der Waals surface area contributed by atoms with Crippen molar-refractivity contribution >= 4 is 0 Å². The van der Waals surface area contributed by atoms with Gasteiger partial charge in [0.05, 0.1) is 13.7 Å². The molecule has 0 aliphatic heterocycles. The Morgan fingerprint density at radius 2 is 1.94 bits per heavy atom. The molecule has 3 heteroatoms. The van der Waals surface area contributed by atoms with Crippen LogP contribution in [0.25, 0.3) is 0 Å². The third-order valence-electron chi connectivity index (χ3n) is 3.02. The molecule has 0 saturated carbocycles. The quantitative estimate of drug-likeness (QED) is 0.806. The van der Waals surface area contributed by atoms with E-state index < -0.39 is 0 Å². The molecule has 102 valence electrons. The molecule has 0 aliphatic carbocycles. The Labute approximate surface area is 110 Å². The van der Waals surface area contributed by atoms with Crippen LogP contribution in [0.15, 0.2) is 18.2 Å². The van der Waals surface area contributed by atoms with Crippen LogP contribution in [0.5, 0.6) is 11.5 Å². The molecule has 0 amide bonds. The molecule has 0 bridgehead atoms. The minimum Gasteiger partial charge on any atom is -0.493 e. The van der Waals surface area contributed by atoms with E-state index in [0.29, 0.717) is 5.92 Å². The van der Waals surface area contributed by atoms with Crippen LogP contribution in [0.4, 0.5) is 0 Å². The van der Waals surface area contributed by atoms with Gasteiger partial charge in [-0.05, 0) is 37.0 Å². The molecule has 1 rings (SSSR count). The summed E-state index contributed by atoms with van der Waals surface area (Å²) in [6.45, 7) is 7.07. The number of rotatable bonds is 7. The fourth-order valence-electron chi connectivity index (χ4n) is 1.89. The molecule has 1 aromatic carbocycles. The summed E-state index contributed by atoms with van der Waals surface area (Å²) in [5, 5.41) is 0. The van der Waals surface area contributed by atoms with Gasteiger partial charge < -0.3 is 15.2 Å².